The van der Waals surface area contributed by atoms with Gasteiger partial charge < -0.3 is 5.32 Å². The average molecular weight is 299 g/mol. The van der Waals surface area contributed by atoms with Crippen LogP contribution in [0.15, 0.2) is 36.9 Å². The highest BCUT2D eigenvalue weighted by Gasteiger charge is 2.30. The zero-order valence-corrected chi connectivity index (χ0v) is 12.9. The van der Waals surface area contributed by atoms with Crippen LogP contribution in [0.25, 0.3) is 0 Å². The Balaban J connectivity index is 0.00000200. The standard InChI is InChI=1S/C16H23FN2.ClH/c1-3-10-19(13-16(2)8-9-18-12-16)11-14-6-4-5-7-15(14)17;/h3-7,18H,1,8-13H2,2H3;1H. The number of rotatable bonds is 6. The van der Waals surface area contributed by atoms with Crippen molar-refractivity contribution in [3.05, 3.63) is 48.3 Å². The van der Waals surface area contributed by atoms with E-state index in [2.05, 4.69) is 23.7 Å². The van der Waals surface area contributed by atoms with Crippen LogP contribution in [-0.4, -0.2) is 31.1 Å². The summed E-state index contributed by atoms with van der Waals surface area (Å²) in [5.74, 6) is -0.119. The van der Waals surface area contributed by atoms with Gasteiger partial charge in [-0.25, -0.2) is 4.39 Å². The van der Waals surface area contributed by atoms with Gasteiger partial charge in [0.1, 0.15) is 5.82 Å². The molecule has 1 fully saturated rings. The molecule has 0 saturated carbocycles. The van der Waals surface area contributed by atoms with Crippen LogP contribution >= 0.6 is 12.4 Å². The number of nitrogens with one attached hydrogen (secondary N) is 1. The average Bonchev–Trinajstić information content (AvgIpc) is 2.79. The molecule has 1 aliphatic heterocycles. The summed E-state index contributed by atoms with van der Waals surface area (Å²) in [6.07, 6.45) is 3.07. The second kappa shape index (κ2) is 7.77. The molecule has 0 spiro atoms. The van der Waals surface area contributed by atoms with E-state index in [9.17, 15) is 4.39 Å². The first kappa shape index (κ1) is 17.2. The van der Waals surface area contributed by atoms with Crippen molar-refractivity contribution in [1.82, 2.24) is 10.2 Å². The third kappa shape index (κ3) is 4.58. The van der Waals surface area contributed by atoms with Crippen molar-refractivity contribution in [3.8, 4) is 0 Å². The smallest absolute Gasteiger partial charge is 0.127 e. The highest BCUT2D eigenvalue weighted by molar-refractivity contribution is 5.85. The van der Waals surface area contributed by atoms with Gasteiger partial charge in [-0.15, -0.1) is 19.0 Å². The van der Waals surface area contributed by atoms with Gasteiger partial charge in [0, 0.05) is 31.7 Å². The molecule has 1 aromatic carbocycles. The fourth-order valence-corrected chi connectivity index (χ4v) is 2.78. The Morgan fingerprint density at radius 3 is 2.80 bits per heavy atom. The Morgan fingerprint density at radius 1 is 1.45 bits per heavy atom. The van der Waals surface area contributed by atoms with E-state index in [1.54, 1.807) is 6.07 Å². The summed E-state index contributed by atoms with van der Waals surface area (Å²) in [5.41, 5.74) is 1.05. The Hall–Kier alpha value is -0.900. The van der Waals surface area contributed by atoms with Crippen LogP contribution in [0.5, 0.6) is 0 Å². The van der Waals surface area contributed by atoms with Crippen LogP contribution in [0.4, 0.5) is 4.39 Å². The van der Waals surface area contributed by atoms with E-state index in [0.29, 0.717) is 6.54 Å². The van der Waals surface area contributed by atoms with Crippen molar-refractivity contribution in [1.29, 1.82) is 0 Å². The Bertz CT molecular complexity index is 430. The maximum atomic E-state index is 13.7. The SMILES string of the molecule is C=CCN(Cc1ccccc1F)CC1(C)CCNC1.Cl. The molecule has 1 saturated heterocycles. The first-order valence-electron chi connectivity index (χ1n) is 6.90. The van der Waals surface area contributed by atoms with Crippen molar-refractivity contribution in [2.45, 2.75) is 19.9 Å². The summed E-state index contributed by atoms with van der Waals surface area (Å²) in [6, 6.07) is 7.02. The van der Waals surface area contributed by atoms with E-state index in [1.807, 2.05) is 18.2 Å². The van der Waals surface area contributed by atoms with Crippen molar-refractivity contribution in [3.63, 3.8) is 0 Å². The van der Waals surface area contributed by atoms with Gasteiger partial charge in [0.05, 0.1) is 0 Å². The number of hydrogen-bond acceptors (Lipinski definition) is 2. The lowest BCUT2D eigenvalue weighted by atomic mass is 9.89. The van der Waals surface area contributed by atoms with Gasteiger partial charge in [-0.1, -0.05) is 31.2 Å². The molecule has 1 heterocycles. The zero-order chi connectivity index (χ0) is 13.7. The normalized spacial score (nSPS) is 21.8. The molecule has 0 bridgehead atoms. The van der Waals surface area contributed by atoms with Gasteiger partial charge in [0.2, 0.25) is 0 Å². The molecule has 1 aromatic rings. The Labute approximate surface area is 127 Å². The van der Waals surface area contributed by atoms with E-state index >= 15 is 0 Å². The molecule has 0 aromatic heterocycles. The van der Waals surface area contributed by atoms with Crippen LogP contribution in [0.3, 0.4) is 0 Å². The quantitative estimate of drug-likeness (QED) is 0.811. The third-order valence-electron chi connectivity index (χ3n) is 3.80. The maximum Gasteiger partial charge on any atom is 0.127 e. The number of hydrogen-bond donors (Lipinski definition) is 1. The topological polar surface area (TPSA) is 15.3 Å². The maximum absolute atomic E-state index is 13.7. The molecule has 0 radical (unpaired) electrons. The summed E-state index contributed by atoms with van der Waals surface area (Å²) >= 11 is 0. The summed E-state index contributed by atoms with van der Waals surface area (Å²) in [4.78, 5) is 2.28. The lowest BCUT2D eigenvalue weighted by Crippen LogP contribution is -2.37. The molecule has 4 heteroatoms. The van der Waals surface area contributed by atoms with Gasteiger partial charge in [-0.2, -0.15) is 0 Å². The molecule has 1 unspecified atom stereocenters. The van der Waals surface area contributed by atoms with E-state index in [0.717, 1.165) is 31.7 Å². The van der Waals surface area contributed by atoms with Gasteiger partial charge in [0.25, 0.3) is 0 Å². The molecular formula is C16H24ClFN2. The first-order chi connectivity index (χ1) is 9.13. The molecule has 1 atom stereocenters. The van der Waals surface area contributed by atoms with E-state index < -0.39 is 0 Å². The summed E-state index contributed by atoms with van der Waals surface area (Å²) in [6.45, 7) is 10.6. The number of halogens is 2. The monoisotopic (exact) mass is 298 g/mol. The van der Waals surface area contributed by atoms with Gasteiger partial charge in [-0.3, -0.25) is 4.90 Å². The lowest BCUT2D eigenvalue weighted by Gasteiger charge is -2.31. The first-order valence-corrected chi connectivity index (χ1v) is 6.90. The summed E-state index contributed by atoms with van der Waals surface area (Å²) < 4.78 is 13.7. The molecular weight excluding hydrogens is 275 g/mol. The second-order valence-electron chi connectivity index (χ2n) is 5.79. The minimum Gasteiger partial charge on any atom is -0.316 e. The van der Waals surface area contributed by atoms with Gasteiger partial charge in [-0.05, 0) is 24.4 Å². The fourth-order valence-electron chi connectivity index (χ4n) is 2.78. The van der Waals surface area contributed by atoms with Crippen LogP contribution < -0.4 is 5.32 Å². The molecule has 1 N–H and O–H groups in total. The molecule has 1 aliphatic rings. The largest absolute Gasteiger partial charge is 0.316 e. The molecule has 0 amide bonds. The van der Waals surface area contributed by atoms with Crippen molar-refractivity contribution in [2.24, 2.45) is 5.41 Å². The minimum absolute atomic E-state index is 0. The number of nitrogens with zero attached hydrogens (tertiary/aromatic N) is 1. The molecule has 112 valence electrons. The lowest BCUT2D eigenvalue weighted by molar-refractivity contribution is 0.184. The van der Waals surface area contributed by atoms with Crippen LogP contribution in [0.2, 0.25) is 0 Å². The fraction of sp³-hybridized carbons (Fsp3) is 0.500. The van der Waals surface area contributed by atoms with Crippen molar-refractivity contribution in [2.75, 3.05) is 26.2 Å². The molecule has 0 aliphatic carbocycles. The summed E-state index contributed by atoms with van der Waals surface area (Å²) in [7, 11) is 0. The Morgan fingerprint density at radius 2 is 2.20 bits per heavy atom. The minimum atomic E-state index is -0.119. The predicted octanol–water partition coefficient (Wildman–Crippen LogP) is 3.24. The van der Waals surface area contributed by atoms with Crippen molar-refractivity contribution >= 4 is 12.4 Å². The highest BCUT2D eigenvalue weighted by atomic mass is 35.5. The number of benzene rings is 1. The van der Waals surface area contributed by atoms with E-state index in [4.69, 9.17) is 0 Å². The molecule has 2 nitrogen and oxygen atoms in total. The second-order valence-corrected chi connectivity index (χ2v) is 5.79. The van der Waals surface area contributed by atoms with Crippen LogP contribution in [-0.2, 0) is 6.54 Å². The van der Waals surface area contributed by atoms with E-state index in [1.165, 1.54) is 12.5 Å². The van der Waals surface area contributed by atoms with Gasteiger partial charge in [0.15, 0.2) is 0 Å². The van der Waals surface area contributed by atoms with E-state index in [-0.39, 0.29) is 23.6 Å². The summed E-state index contributed by atoms with van der Waals surface area (Å²) in [5, 5.41) is 3.41. The third-order valence-corrected chi connectivity index (χ3v) is 3.80. The molecule has 20 heavy (non-hydrogen) atoms. The molecule has 2 rings (SSSR count). The zero-order valence-electron chi connectivity index (χ0n) is 12.1. The Kier molecular flexibility index (Phi) is 6.66. The van der Waals surface area contributed by atoms with Crippen molar-refractivity contribution < 1.29 is 4.39 Å². The highest BCUT2D eigenvalue weighted by Crippen LogP contribution is 2.26. The van der Waals surface area contributed by atoms with Gasteiger partial charge >= 0.3 is 0 Å². The predicted molar refractivity (Wildman–Crippen MR) is 84.7 cm³/mol. The van der Waals surface area contributed by atoms with Crippen LogP contribution in [0.1, 0.15) is 18.9 Å². The van der Waals surface area contributed by atoms with Crippen LogP contribution in [0, 0.1) is 11.2 Å².